The van der Waals surface area contributed by atoms with Crippen LogP contribution in [0.4, 0.5) is 0 Å². The SMILES string of the molecule is CC[n+]1csc(COC)c1C. The second kappa shape index (κ2) is 3.83. The van der Waals surface area contributed by atoms with Crippen molar-refractivity contribution >= 4 is 11.3 Å². The zero-order chi connectivity index (χ0) is 8.27. The lowest BCUT2D eigenvalue weighted by Crippen LogP contribution is -2.32. The van der Waals surface area contributed by atoms with Crippen molar-refractivity contribution in [1.29, 1.82) is 0 Å². The smallest absolute Gasteiger partial charge is 0.225 e. The Morgan fingerprint density at radius 3 is 2.82 bits per heavy atom. The molecule has 1 aromatic rings. The molecule has 0 saturated heterocycles. The molecule has 0 unspecified atom stereocenters. The van der Waals surface area contributed by atoms with Crippen LogP contribution in [0.25, 0.3) is 0 Å². The van der Waals surface area contributed by atoms with E-state index in [4.69, 9.17) is 4.74 Å². The van der Waals surface area contributed by atoms with Gasteiger partial charge >= 0.3 is 0 Å². The summed E-state index contributed by atoms with van der Waals surface area (Å²) in [5.74, 6) is 0. The van der Waals surface area contributed by atoms with Gasteiger partial charge in [0.15, 0.2) is 5.69 Å². The van der Waals surface area contributed by atoms with Gasteiger partial charge in [0.2, 0.25) is 5.51 Å². The van der Waals surface area contributed by atoms with Crippen molar-refractivity contribution in [2.75, 3.05) is 7.11 Å². The summed E-state index contributed by atoms with van der Waals surface area (Å²) in [6.45, 7) is 6.07. The number of hydrogen-bond acceptors (Lipinski definition) is 2. The molecule has 3 heteroatoms. The zero-order valence-corrected chi connectivity index (χ0v) is 8.07. The summed E-state index contributed by atoms with van der Waals surface area (Å²) in [5, 5.41) is 0. The van der Waals surface area contributed by atoms with Crippen LogP contribution in [0, 0.1) is 6.92 Å². The number of rotatable bonds is 3. The van der Waals surface area contributed by atoms with E-state index >= 15 is 0 Å². The molecule has 62 valence electrons. The van der Waals surface area contributed by atoms with E-state index < -0.39 is 0 Å². The van der Waals surface area contributed by atoms with E-state index in [-0.39, 0.29) is 0 Å². The number of aromatic nitrogens is 1. The van der Waals surface area contributed by atoms with Crippen molar-refractivity contribution in [2.45, 2.75) is 27.0 Å². The highest BCUT2D eigenvalue weighted by Gasteiger charge is 2.11. The standard InChI is InChI=1S/C8H14NOS/c1-4-9-6-11-8(5-10-3)7(9)2/h6H,4-5H2,1-3H3/q+1. The third-order valence-corrected chi connectivity index (χ3v) is 2.83. The van der Waals surface area contributed by atoms with E-state index in [1.165, 1.54) is 10.6 Å². The Hall–Kier alpha value is -0.410. The molecule has 0 aliphatic carbocycles. The Morgan fingerprint density at radius 2 is 2.36 bits per heavy atom. The number of methoxy groups -OCH3 is 1. The molecule has 0 spiro atoms. The average molecular weight is 172 g/mol. The van der Waals surface area contributed by atoms with Crippen LogP contribution in [0.15, 0.2) is 5.51 Å². The first-order chi connectivity index (χ1) is 5.29. The lowest BCUT2D eigenvalue weighted by atomic mass is 10.4. The molecule has 2 nitrogen and oxygen atoms in total. The quantitative estimate of drug-likeness (QED) is 0.630. The Balaban J connectivity index is 2.82. The van der Waals surface area contributed by atoms with Gasteiger partial charge in [-0.1, -0.05) is 11.3 Å². The topological polar surface area (TPSA) is 13.1 Å². The fourth-order valence-electron chi connectivity index (χ4n) is 1.03. The maximum Gasteiger partial charge on any atom is 0.225 e. The Labute approximate surface area is 71.4 Å². The molecule has 1 rings (SSSR count). The molecule has 0 amide bonds. The fraction of sp³-hybridized carbons (Fsp3) is 0.625. The number of ether oxygens (including phenoxy) is 1. The summed E-state index contributed by atoms with van der Waals surface area (Å²) < 4.78 is 7.30. The molecule has 1 aromatic heterocycles. The Bertz CT molecular complexity index is 232. The summed E-state index contributed by atoms with van der Waals surface area (Å²) in [7, 11) is 1.73. The van der Waals surface area contributed by atoms with Crippen molar-refractivity contribution in [3.05, 3.63) is 16.1 Å². The largest absolute Gasteiger partial charge is 0.379 e. The predicted molar refractivity (Wildman–Crippen MR) is 45.6 cm³/mol. The van der Waals surface area contributed by atoms with Crippen molar-refractivity contribution < 1.29 is 9.30 Å². The molecule has 0 atom stereocenters. The minimum atomic E-state index is 0.740. The first-order valence-corrected chi connectivity index (χ1v) is 4.63. The van der Waals surface area contributed by atoms with Crippen LogP contribution in [0.1, 0.15) is 17.5 Å². The molecule has 0 fully saturated rings. The second-order valence-corrected chi connectivity index (χ2v) is 3.39. The fourth-order valence-corrected chi connectivity index (χ4v) is 2.07. The van der Waals surface area contributed by atoms with Crippen LogP contribution in [-0.4, -0.2) is 7.11 Å². The molecular weight excluding hydrogens is 158 g/mol. The molecule has 0 saturated carbocycles. The molecule has 0 N–H and O–H groups in total. The van der Waals surface area contributed by atoms with Gasteiger partial charge in [-0.3, -0.25) is 0 Å². The number of hydrogen-bond donors (Lipinski definition) is 0. The van der Waals surface area contributed by atoms with E-state index in [9.17, 15) is 0 Å². The van der Waals surface area contributed by atoms with Gasteiger partial charge in [-0.2, -0.15) is 4.57 Å². The monoisotopic (exact) mass is 172 g/mol. The van der Waals surface area contributed by atoms with E-state index in [1.807, 2.05) is 0 Å². The van der Waals surface area contributed by atoms with Crippen LogP contribution < -0.4 is 4.57 Å². The van der Waals surface area contributed by atoms with E-state index in [0.717, 1.165) is 13.2 Å². The van der Waals surface area contributed by atoms with E-state index in [2.05, 4.69) is 23.9 Å². The van der Waals surface area contributed by atoms with Crippen molar-refractivity contribution in [2.24, 2.45) is 0 Å². The molecule has 11 heavy (non-hydrogen) atoms. The molecular formula is C8H14NOS+. The minimum absolute atomic E-state index is 0.740. The molecule has 1 heterocycles. The van der Waals surface area contributed by atoms with Crippen LogP contribution in [-0.2, 0) is 17.9 Å². The number of aryl methyl sites for hydroxylation is 1. The molecule has 0 aliphatic heterocycles. The van der Waals surface area contributed by atoms with Gasteiger partial charge < -0.3 is 4.74 Å². The van der Waals surface area contributed by atoms with Gasteiger partial charge in [-0.05, 0) is 6.92 Å². The van der Waals surface area contributed by atoms with Crippen molar-refractivity contribution in [3.8, 4) is 0 Å². The molecule has 0 aliphatic rings. The third kappa shape index (κ3) is 1.79. The summed E-state index contributed by atoms with van der Waals surface area (Å²) >= 11 is 1.76. The predicted octanol–water partition coefficient (Wildman–Crippen LogP) is 1.51. The Kier molecular flexibility index (Phi) is 3.02. The maximum absolute atomic E-state index is 5.06. The summed E-state index contributed by atoms with van der Waals surface area (Å²) in [5.41, 5.74) is 3.48. The van der Waals surface area contributed by atoms with Crippen LogP contribution in [0.3, 0.4) is 0 Å². The summed E-state index contributed by atoms with van der Waals surface area (Å²) in [6, 6.07) is 0. The highest BCUT2D eigenvalue weighted by molar-refractivity contribution is 7.09. The van der Waals surface area contributed by atoms with Crippen LogP contribution >= 0.6 is 11.3 Å². The first kappa shape index (κ1) is 8.68. The summed E-state index contributed by atoms with van der Waals surface area (Å²) in [6.07, 6.45) is 0. The lowest BCUT2D eigenvalue weighted by molar-refractivity contribution is -0.695. The summed E-state index contributed by atoms with van der Waals surface area (Å²) in [4.78, 5) is 1.33. The zero-order valence-electron chi connectivity index (χ0n) is 7.26. The normalized spacial score (nSPS) is 10.5. The number of thiazole rings is 1. The van der Waals surface area contributed by atoms with Gasteiger partial charge in [-0.25, -0.2) is 0 Å². The minimum Gasteiger partial charge on any atom is -0.379 e. The number of nitrogens with zero attached hydrogens (tertiary/aromatic N) is 1. The molecule has 0 aromatic carbocycles. The van der Waals surface area contributed by atoms with Crippen LogP contribution in [0.5, 0.6) is 0 Å². The van der Waals surface area contributed by atoms with Gasteiger partial charge in [-0.15, -0.1) is 0 Å². The first-order valence-electron chi connectivity index (χ1n) is 3.75. The second-order valence-electron chi connectivity index (χ2n) is 2.45. The van der Waals surface area contributed by atoms with Crippen molar-refractivity contribution in [3.63, 3.8) is 0 Å². The van der Waals surface area contributed by atoms with E-state index in [1.54, 1.807) is 18.4 Å². The van der Waals surface area contributed by atoms with Crippen LogP contribution in [0.2, 0.25) is 0 Å². The van der Waals surface area contributed by atoms with Gasteiger partial charge in [0.1, 0.15) is 11.4 Å². The molecule has 0 bridgehead atoms. The van der Waals surface area contributed by atoms with E-state index in [0.29, 0.717) is 0 Å². The molecule has 0 radical (unpaired) electrons. The average Bonchev–Trinajstić information content (AvgIpc) is 2.34. The van der Waals surface area contributed by atoms with Gasteiger partial charge in [0, 0.05) is 14.0 Å². The van der Waals surface area contributed by atoms with Crippen molar-refractivity contribution in [1.82, 2.24) is 0 Å². The Morgan fingerprint density at radius 1 is 1.64 bits per heavy atom. The highest BCUT2D eigenvalue weighted by atomic mass is 32.1. The maximum atomic E-state index is 5.06. The van der Waals surface area contributed by atoms with Gasteiger partial charge in [0.05, 0.1) is 6.61 Å². The highest BCUT2D eigenvalue weighted by Crippen LogP contribution is 2.11. The lowest BCUT2D eigenvalue weighted by Gasteiger charge is -1.92. The van der Waals surface area contributed by atoms with Gasteiger partial charge in [0.25, 0.3) is 0 Å². The third-order valence-electron chi connectivity index (χ3n) is 1.77.